The highest BCUT2D eigenvalue weighted by atomic mass is 16.6. The quantitative estimate of drug-likeness (QED) is 0.253. The topological polar surface area (TPSA) is 193 Å². The minimum Gasteiger partial charge on any atom is -0.408 e. The molecule has 0 bridgehead atoms. The molecule has 0 aromatic carbocycles. The first-order valence-corrected chi connectivity index (χ1v) is 6.95. The average Bonchev–Trinajstić information content (AvgIpc) is 3.06. The maximum absolute atomic E-state index is 10.2. The molecule has 2 aromatic rings. The number of nitrogens with two attached hydrogens (primary N) is 1. The maximum Gasteiger partial charge on any atom is 0.307 e. The molecule has 1 aliphatic rings. The first-order valence-electron chi connectivity index (χ1n) is 6.95. The van der Waals surface area contributed by atoms with Crippen LogP contribution in [-0.4, -0.2) is 77.4 Å². The molecule has 0 spiro atoms. The summed E-state index contributed by atoms with van der Waals surface area (Å²) in [4.78, 5) is 11.9. The number of fused-ring (bicyclic) bond motifs is 1. The van der Waals surface area contributed by atoms with Crippen LogP contribution in [0.2, 0.25) is 0 Å². The van der Waals surface area contributed by atoms with E-state index in [9.17, 15) is 15.3 Å². The van der Waals surface area contributed by atoms with Crippen LogP contribution in [-0.2, 0) is 4.74 Å². The molecule has 7 N–H and O–H groups in total. The lowest BCUT2D eigenvalue weighted by molar-refractivity contribution is -0.0530. The smallest absolute Gasteiger partial charge is 0.307 e. The molecule has 0 saturated carbocycles. The monoisotopic (exact) mass is 340 g/mol. The van der Waals surface area contributed by atoms with Crippen molar-refractivity contribution in [1.82, 2.24) is 19.5 Å². The Kier molecular flexibility index (Phi) is 4.29. The Balaban J connectivity index is 2.13. The second-order valence-corrected chi connectivity index (χ2v) is 5.11. The fraction of sp³-hybridized carbons (Fsp3) is 0.500. The molecule has 130 valence electrons. The summed E-state index contributed by atoms with van der Waals surface area (Å²) in [5.41, 5.74) is 6.01. The molecule has 4 atom stereocenters. The van der Waals surface area contributed by atoms with Gasteiger partial charge in [0.15, 0.2) is 23.2 Å². The van der Waals surface area contributed by atoms with Crippen molar-refractivity contribution >= 4 is 22.9 Å². The molecule has 0 amide bonds. The summed E-state index contributed by atoms with van der Waals surface area (Å²) in [6.45, 7) is -1.19. The Morgan fingerprint density at radius 3 is 2.71 bits per heavy atom. The summed E-state index contributed by atoms with van der Waals surface area (Å²) in [6, 6.07) is -0.230. The summed E-state index contributed by atoms with van der Waals surface area (Å²) in [5, 5.41) is 45.8. The number of imidazole rings is 1. The molecule has 0 radical (unpaired) electrons. The minimum absolute atomic E-state index is 0.0332. The lowest BCUT2D eigenvalue weighted by Gasteiger charge is -2.18. The summed E-state index contributed by atoms with van der Waals surface area (Å²) in [5.74, 6) is -0.476. The van der Waals surface area contributed by atoms with Gasteiger partial charge in [-0.1, -0.05) is 0 Å². The number of aromatic nitrogens is 4. The lowest BCUT2D eigenvalue weighted by atomic mass is 10.1. The number of hydrogen-bond donors (Lipinski definition) is 6. The standard InChI is InChI=1S/C12H16N6O6/c13-5(2-20)24-12-17-6-9(14)15-3-16-10(6)18(12)11-8(22)7(21)4(1-19)23-11/h3-4,7-8,11,13,19-22H,1-2H2,(H2,14,15,16)/t4-,7?,8?,11-/m1/s1. The number of rotatable bonds is 4. The number of nitrogens with zero attached hydrogens (tertiary/aromatic N) is 4. The molecule has 1 fully saturated rings. The highest BCUT2D eigenvalue weighted by Gasteiger charge is 2.45. The van der Waals surface area contributed by atoms with Gasteiger partial charge in [-0.3, -0.25) is 5.41 Å². The predicted octanol–water partition coefficient (Wildman–Crippen LogP) is -2.63. The first kappa shape index (κ1) is 16.5. The van der Waals surface area contributed by atoms with Gasteiger partial charge in [0, 0.05) is 0 Å². The summed E-state index contributed by atoms with van der Waals surface area (Å²) >= 11 is 0. The van der Waals surface area contributed by atoms with Crippen molar-refractivity contribution in [2.45, 2.75) is 24.5 Å². The largest absolute Gasteiger partial charge is 0.408 e. The van der Waals surface area contributed by atoms with Gasteiger partial charge in [-0.25, -0.2) is 14.5 Å². The highest BCUT2D eigenvalue weighted by Crippen LogP contribution is 2.35. The van der Waals surface area contributed by atoms with E-state index in [0.717, 1.165) is 6.33 Å². The highest BCUT2D eigenvalue weighted by molar-refractivity contribution is 5.83. The van der Waals surface area contributed by atoms with E-state index >= 15 is 0 Å². The van der Waals surface area contributed by atoms with Crippen LogP contribution in [0.1, 0.15) is 6.23 Å². The SMILES string of the molecule is N=C(CO)Oc1nc2c(N)ncnc2n1[C@@H]1O[C@H](CO)C(O)C1O. The molecule has 3 rings (SSSR count). The Labute approximate surface area is 134 Å². The Hall–Kier alpha value is -2.38. The van der Waals surface area contributed by atoms with Crippen molar-refractivity contribution in [2.24, 2.45) is 0 Å². The lowest BCUT2D eigenvalue weighted by Crippen LogP contribution is -2.33. The van der Waals surface area contributed by atoms with E-state index in [-0.39, 0.29) is 23.0 Å². The molecule has 12 nitrogen and oxygen atoms in total. The van der Waals surface area contributed by atoms with Gasteiger partial charge in [-0.05, 0) is 0 Å². The van der Waals surface area contributed by atoms with Gasteiger partial charge in [0.1, 0.15) is 31.2 Å². The Morgan fingerprint density at radius 1 is 1.33 bits per heavy atom. The van der Waals surface area contributed by atoms with Crippen molar-refractivity contribution in [1.29, 1.82) is 5.41 Å². The van der Waals surface area contributed by atoms with E-state index in [4.69, 9.17) is 25.7 Å². The number of aliphatic hydroxyl groups is 4. The number of nitrogens with one attached hydrogen (secondary N) is 1. The molecule has 1 saturated heterocycles. The number of hydrogen-bond acceptors (Lipinski definition) is 11. The fourth-order valence-electron chi connectivity index (χ4n) is 2.44. The fourth-order valence-corrected chi connectivity index (χ4v) is 2.44. The first-order chi connectivity index (χ1) is 11.5. The van der Waals surface area contributed by atoms with Gasteiger partial charge in [0.25, 0.3) is 0 Å². The third-order valence-corrected chi connectivity index (χ3v) is 3.60. The molecule has 0 aliphatic carbocycles. The van der Waals surface area contributed by atoms with Crippen LogP contribution >= 0.6 is 0 Å². The predicted molar refractivity (Wildman–Crippen MR) is 78.2 cm³/mol. The van der Waals surface area contributed by atoms with Crippen molar-refractivity contribution in [3.63, 3.8) is 0 Å². The molecule has 1 aliphatic heterocycles. The van der Waals surface area contributed by atoms with Crippen LogP contribution < -0.4 is 10.5 Å². The zero-order valence-electron chi connectivity index (χ0n) is 12.3. The molecule has 24 heavy (non-hydrogen) atoms. The Morgan fingerprint density at radius 2 is 2.08 bits per heavy atom. The van der Waals surface area contributed by atoms with E-state index in [1.165, 1.54) is 4.57 Å². The van der Waals surface area contributed by atoms with Gasteiger partial charge >= 0.3 is 6.01 Å². The molecular weight excluding hydrogens is 324 g/mol. The van der Waals surface area contributed by atoms with E-state index in [1.807, 2.05) is 0 Å². The summed E-state index contributed by atoms with van der Waals surface area (Å²) in [6.07, 6.45) is -3.81. The number of aliphatic hydroxyl groups excluding tert-OH is 4. The normalized spacial score (nSPS) is 26.8. The van der Waals surface area contributed by atoms with Gasteiger partial charge < -0.3 is 35.6 Å². The zero-order chi connectivity index (χ0) is 17.4. The van der Waals surface area contributed by atoms with E-state index in [1.54, 1.807) is 0 Å². The van der Waals surface area contributed by atoms with Gasteiger partial charge in [0.2, 0.25) is 5.90 Å². The van der Waals surface area contributed by atoms with Crippen LogP contribution in [0.25, 0.3) is 11.2 Å². The Bertz CT molecular complexity index is 766. The van der Waals surface area contributed by atoms with Crippen LogP contribution in [0, 0.1) is 5.41 Å². The third kappa shape index (κ3) is 2.55. The van der Waals surface area contributed by atoms with Crippen LogP contribution in [0.3, 0.4) is 0 Å². The van der Waals surface area contributed by atoms with Gasteiger partial charge in [0.05, 0.1) is 6.61 Å². The van der Waals surface area contributed by atoms with Crippen molar-refractivity contribution in [3.05, 3.63) is 6.33 Å². The second-order valence-electron chi connectivity index (χ2n) is 5.11. The van der Waals surface area contributed by atoms with Crippen molar-refractivity contribution in [3.8, 4) is 6.01 Å². The van der Waals surface area contributed by atoms with Crippen LogP contribution in [0.5, 0.6) is 6.01 Å². The zero-order valence-corrected chi connectivity index (χ0v) is 12.3. The molecular formula is C12H16N6O6. The number of nitrogen functional groups attached to an aromatic ring is 1. The molecule has 12 heteroatoms. The van der Waals surface area contributed by atoms with Gasteiger partial charge in [-0.2, -0.15) is 4.98 Å². The maximum atomic E-state index is 10.2. The van der Waals surface area contributed by atoms with Crippen LogP contribution in [0.4, 0.5) is 5.82 Å². The number of ether oxygens (including phenoxy) is 2. The molecule has 2 unspecified atom stereocenters. The van der Waals surface area contributed by atoms with E-state index in [0.29, 0.717) is 0 Å². The third-order valence-electron chi connectivity index (χ3n) is 3.60. The van der Waals surface area contributed by atoms with Gasteiger partial charge in [-0.15, -0.1) is 0 Å². The second kappa shape index (κ2) is 6.26. The van der Waals surface area contributed by atoms with Crippen molar-refractivity contribution < 1.29 is 29.9 Å². The van der Waals surface area contributed by atoms with E-state index in [2.05, 4.69) is 15.0 Å². The molecule has 3 heterocycles. The van der Waals surface area contributed by atoms with E-state index < -0.39 is 43.7 Å². The molecule has 2 aromatic heterocycles. The minimum atomic E-state index is -1.42. The summed E-state index contributed by atoms with van der Waals surface area (Å²) in [7, 11) is 0. The number of anilines is 1. The average molecular weight is 340 g/mol. The summed E-state index contributed by atoms with van der Waals surface area (Å²) < 4.78 is 11.7. The van der Waals surface area contributed by atoms with Crippen molar-refractivity contribution in [2.75, 3.05) is 18.9 Å². The van der Waals surface area contributed by atoms with Crippen LogP contribution in [0.15, 0.2) is 6.33 Å².